The predicted octanol–water partition coefficient (Wildman–Crippen LogP) is 1.46. The van der Waals surface area contributed by atoms with E-state index >= 15 is 0 Å². The molecule has 0 unspecified atom stereocenters. The van der Waals surface area contributed by atoms with Crippen LogP contribution < -0.4 is 0 Å². The highest BCUT2D eigenvalue weighted by Gasteiger charge is 2.46. The molecular weight excluding hydrogens is 176 g/mol. The Bertz CT molecular complexity index is 477. The van der Waals surface area contributed by atoms with E-state index in [1.54, 1.807) is 24.3 Å². The lowest BCUT2D eigenvalue weighted by atomic mass is 9.87. The summed E-state index contributed by atoms with van der Waals surface area (Å²) in [5.41, 5.74) is -0.180. The molecule has 1 aromatic carbocycles. The Hall–Kier alpha value is -2.13. The second-order valence-electron chi connectivity index (χ2n) is 3.29. The molecule has 1 aromatic rings. The van der Waals surface area contributed by atoms with Gasteiger partial charge in [0.2, 0.25) is 5.41 Å². The summed E-state index contributed by atoms with van der Waals surface area (Å²) < 4.78 is 0. The fraction of sp³-hybridized carbons (Fsp3) is 0.182. The third-order valence-corrected chi connectivity index (χ3v) is 2.49. The van der Waals surface area contributed by atoms with Gasteiger partial charge in [0, 0.05) is 12.0 Å². The topological polar surface area (TPSA) is 64.7 Å². The lowest BCUT2D eigenvalue weighted by Gasteiger charge is -2.05. The molecule has 0 N–H and O–H groups in total. The van der Waals surface area contributed by atoms with Crippen LogP contribution in [0.15, 0.2) is 24.3 Å². The highest BCUT2D eigenvalue weighted by atomic mass is 16.1. The molecule has 0 heterocycles. The van der Waals surface area contributed by atoms with Gasteiger partial charge < -0.3 is 0 Å². The van der Waals surface area contributed by atoms with Gasteiger partial charge in [0.25, 0.3) is 0 Å². The first-order chi connectivity index (χ1) is 6.73. The number of nitriles is 2. The standard InChI is InChI=1S/C11H6N2O/c12-6-11(7-13)5-8-3-1-2-4-9(8)10(11)14/h1-4H,5H2. The summed E-state index contributed by atoms with van der Waals surface area (Å²) in [6.45, 7) is 0. The average molecular weight is 182 g/mol. The van der Waals surface area contributed by atoms with Crippen molar-refractivity contribution in [3.63, 3.8) is 0 Å². The molecule has 0 aromatic heterocycles. The average Bonchev–Trinajstić information content (AvgIpc) is 2.53. The number of carbonyl (C=O) groups is 1. The second kappa shape index (κ2) is 2.68. The third kappa shape index (κ3) is 0.870. The molecule has 14 heavy (non-hydrogen) atoms. The van der Waals surface area contributed by atoms with Crippen molar-refractivity contribution in [1.82, 2.24) is 0 Å². The SMILES string of the molecule is N#CC1(C#N)Cc2ccccc2C1=O. The maximum Gasteiger partial charge on any atom is 0.209 e. The minimum atomic E-state index is -1.48. The van der Waals surface area contributed by atoms with E-state index in [0.717, 1.165) is 5.56 Å². The number of rotatable bonds is 0. The lowest BCUT2D eigenvalue weighted by molar-refractivity contribution is 0.0925. The summed E-state index contributed by atoms with van der Waals surface area (Å²) in [6, 6.07) is 10.6. The van der Waals surface area contributed by atoms with Crippen molar-refractivity contribution in [3.8, 4) is 12.1 Å². The number of hydrogen-bond acceptors (Lipinski definition) is 3. The van der Waals surface area contributed by atoms with E-state index in [-0.39, 0.29) is 12.2 Å². The highest BCUT2D eigenvalue weighted by Crippen LogP contribution is 2.35. The minimum absolute atomic E-state index is 0.217. The first kappa shape index (κ1) is 8.47. The molecule has 0 saturated carbocycles. The molecule has 3 nitrogen and oxygen atoms in total. The van der Waals surface area contributed by atoms with Crippen LogP contribution >= 0.6 is 0 Å². The quantitative estimate of drug-likeness (QED) is 0.610. The summed E-state index contributed by atoms with van der Waals surface area (Å²) in [7, 11) is 0. The smallest absolute Gasteiger partial charge is 0.209 e. The molecule has 66 valence electrons. The molecule has 0 radical (unpaired) electrons. The monoisotopic (exact) mass is 182 g/mol. The van der Waals surface area contributed by atoms with Gasteiger partial charge in [-0.25, -0.2) is 0 Å². The van der Waals surface area contributed by atoms with Gasteiger partial charge in [0.05, 0.1) is 12.1 Å². The molecule has 2 rings (SSSR count). The number of Topliss-reactive ketones (excluding diaryl/α,β-unsaturated/α-hetero) is 1. The molecule has 0 aliphatic heterocycles. The number of carbonyl (C=O) groups excluding carboxylic acids is 1. The Labute approximate surface area is 81.2 Å². The number of benzene rings is 1. The van der Waals surface area contributed by atoms with Crippen LogP contribution in [0.4, 0.5) is 0 Å². The Morgan fingerprint density at radius 2 is 1.86 bits per heavy atom. The molecular formula is C11H6N2O. The van der Waals surface area contributed by atoms with Gasteiger partial charge in [0.15, 0.2) is 5.78 Å². The summed E-state index contributed by atoms with van der Waals surface area (Å²) in [6.07, 6.45) is 0.217. The zero-order valence-corrected chi connectivity index (χ0v) is 7.32. The fourth-order valence-corrected chi connectivity index (χ4v) is 1.70. The third-order valence-electron chi connectivity index (χ3n) is 2.49. The van der Waals surface area contributed by atoms with E-state index < -0.39 is 5.41 Å². The maximum absolute atomic E-state index is 11.7. The van der Waals surface area contributed by atoms with Gasteiger partial charge in [-0.15, -0.1) is 0 Å². The van der Waals surface area contributed by atoms with E-state index in [4.69, 9.17) is 10.5 Å². The van der Waals surface area contributed by atoms with Gasteiger partial charge in [0.1, 0.15) is 0 Å². The highest BCUT2D eigenvalue weighted by molar-refractivity contribution is 6.08. The van der Waals surface area contributed by atoms with Crippen LogP contribution in [-0.2, 0) is 6.42 Å². The van der Waals surface area contributed by atoms with Crippen LogP contribution in [0.25, 0.3) is 0 Å². The number of ketones is 1. The van der Waals surface area contributed by atoms with Crippen LogP contribution in [0, 0.1) is 28.1 Å². The van der Waals surface area contributed by atoms with Crippen LogP contribution in [0.3, 0.4) is 0 Å². The Balaban J connectivity index is 2.62. The molecule has 1 aliphatic rings. The summed E-state index contributed by atoms with van der Waals surface area (Å²) in [5.74, 6) is -0.363. The summed E-state index contributed by atoms with van der Waals surface area (Å²) in [4.78, 5) is 11.7. The predicted molar refractivity (Wildman–Crippen MR) is 48.1 cm³/mol. The molecule has 0 bridgehead atoms. The molecule has 3 heteroatoms. The molecule has 1 aliphatic carbocycles. The van der Waals surface area contributed by atoms with Crippen LogP contribution in [0.2, 0.25) is 0 Å². The molecule has 0 amide bonds. The van der Waals surface area contributed by atoms with Gasteiger partial charge in [-0.1, -0.05) is 24.3 Å². The molecule has 0 fully saturated rings. The van der Waals surface area contributed by atoms with Gasteiger partial charge in [-0.3, -0.25) is 4.79 Å². The minimum Gasteiger partial charge on any atom is -0.291 e. The van der Waals surface area contributed by atoms with E-state index in [1.807, 2.05) is 12.1 Å². The Morgan fingerprint density at radius 3 is 2.43 bits per heavy atom. The maximum atomic E-state index is 11.7. The van der Waals surface area contributed by atoms with Crippen molar-refractivity contribution in [2.45, 2.75) is 6.42 Å². The lowest BCUT2D eigenvalue weighted by Crippen LogP contribution is -2.23. The van der Waals surface area contributed by atoms with E-state index in [2.05, 4.69) is 0 Å². The van der Waals surface area contributed by atoms with E-state index in [9.17, 15) is 4.79 Å². The van der Waals surface area contributed by atoms with Crippen LogP contribution in [0.1, 0.15) is 15.9 Å². The van der Waals surface area contributed by atoms with Gasteiger partial charge in [-0.05, 0) is 5.56 Å². The number of nitrogens with zero attached hydrogens (tertiary/aromatic N) is 2. The second-order valence-corrected chi connectivity index (χ2v) is 3.29. The van der Waals surface area contributed by atoms with Gasteiger partial charge in [-0.2, -0.15) is 10.5 Å². The zero-order chi connectivity index (χ0) is 10.2. The summed E-state index contributed by atoms with van der Waals surface area (Å²) in [5, 5.41) is 17.7. The van der Waals surface area contributed by atoms with Crippen molar-refractivity contribution in [3.05, 3.63) is 35.4 Å². The van der Waals surface area contributed by atoms with Crippen molar-refractivity contribution in [1.29, 1.82) is 10.5 Å². The largest absolute Gasteiger partial charge is 0.291 e. The van der Waals surface area contributed by atoms with Crippen molar-refractivity contribution in [2.75, 3.05) is 0 Å². The zero-order valence-electron chi connectivity index (χ0n) is 7.32. The summed E-state index contributed by atoms with van der Waals surface area (Å²) >= 11 is 0. The molecule has 0 spiro atoms. The van der Waals surface area contributed by atoms with E-state index in [0.29, 0.717) is 5.56 Å². The van der Waals surface area contributed by atoms with Crippen molar-refractivity contribution in [2.24, 2.45) is 5.41 Å². The first-order valence-electron chi connectivity index (χ1n) is 4.19. The number of hydrogen-bond donors (Lipinski definition) is 0. The molecule has 0 atom stereocenters. The number of fused-ring (bicyclic) bond motifs is 1. The van der Waals surface area contributed by atoms with Crippen molar-refractivity contribution >= 4 is 5.78 Å². The fourth-order valence-electron chi connectivity index (χ4n) is 1.70. The normalized spacial score (nSPS) is 16.9. The Kier molecular flexibility index (Phi) is 1.62. The van der Waals surface area contributed by atoms with Crippen LogP contribution in [0.5, 0.6) is 0 Å². The first-order valence-corrected chi connectivity index (χ1v) is 4.19. The van der Waals surface area contributed by atoms with Crippen molar-refractivity contribution < 1.29 is 4.79 Å². The Morgan fingerprint density at radius 1 is 1.21 bits per heavy atom. The van der Waals surface area contributed by atoms with Gasteiger partial charge >= 0.3 is 0 Å². The van der Waals surface area contributed by atoms with E-state index in [1.165, 1.54) is 0 Å². The molecule has 0 saturated heterocycles. The van der Waals surface area contributed by atoms with Crippen LogP contribution in [-0.4, -0.2) is 5.78 Å².